The molecule has 1 rings (SSSR count). The van der Waals surface area contributed by atoms with E-state index in [1.54, 1.807) is 0 Å². The zero-order valence-corrected chi connectivity index (χ0v) is 10.1. The second-order valence-electron chi connectivity index (χ2n) is 3.08. The van der Waals surface area contributed by atoms with Crippen LogP contribution < -0.4 is 4.74 Å². The van der Waals surface area contributed by atoms with E-state index in [0.717, 1.165) is 0 Å². The van der Waals surface area contributed by atoms with E-state index in [9.17, 15) is 9.18 Å². The molecule has 0 fully saturated rings. The van der Waals surface area contributed by atoms with Crippen LogP contribution in [-0.2, 0) is 4.79 Å². The molecule has 3 nitrogen and oxygen atoms in total. The van der Waals surface area contributed by atoms with Gasteiger partial charge in [0.15, 0.2) is 0 Å². The predicted octanol–water partition coefficient (Wildman–Crippen LogP) is 3.00. The van der Waals surface area contributed by atoms with Gasteiger partial charge in [0, 0.05) is 5.57 Å². The van der Waals surface area contributed by atoms with Crippen LogP contribution in [-0.4, -0.2) is 17.7 Å². The maximum atomic E-state index is 12.7. The van der Waals surface area contributed by atoms with Gasteiger partial charge in [-0.1, -0.05) is 0 Å². The average molecular weight is 289 g/mol. The number of halogens is 2. The molecule has 0 spiro atoms. The Morgan fingerprint density at radius 2 is 2.31 bits per heavy atom. The van der Waals surface area contributed by atoms with Gasteiger partial charge in [0.1, 0.15) is 18.2 Å². The minimum absolute atomic E-state index is 0.127. The minimum Gasteiger partial charge on any atom is -0.488 e. The summed E-state index contributed by atoms with van der Waals surface area (Å²) in [6.45, 7) is 1.60. The Labute approximate surface area is 101 Å². The van der Waals surface area contributed by atoms with Gasteiger partial charge in [-0.25, -0.2) is 9.18 Å². The number of carboxylic acids is 1. The van der Waals surface area contributed by atoms with Crippen molar-refractivity contribution in [1.29, 1.82) is 0 Å². The van der Waals surface area contributed by atoms with Crippen LogP contribution in [0.2, 0.25) is 0 Å². The summed E-state index contributed by atoms with van der Waals surface area (Å²) in [7, 11) is 0. The first-order valence-corrected chi connectivity index (χ1v) is 5.28. The van der Waals surface area contributed by atoms with Crippen molar-refractivity contribution >= 4 is 21.9 Å². The number of aliphatic carboxylic acids is 1. The van der Waals surface area contributed by atoms with E-state index in [-0.39, 0.29) is 18.0 Å². The highest BCUT2D eigenvalue weighted by atomic mass is 79.9. The Balaban J connectivity index is 2.62. The van der Waals surface area contributed by atoms with Crippen LogP contribution in [0.3, 0.4) is 0 Å². The first-order chi connectivity index (χ1) is 7.50. The molecule has 0 unspecified atom stereocenters. The molecule has 0 aliphatic heterocycles. The average Bonchev–Trinajstić information content (AvgIpc) is 2.20. The molecular weight excluding hydrogens is 279 g/mol. The standard InChI is InChI=1S/C11H10BrFO3/c1-7(11(14)15)4-5-16-10-3-2-8(13)6-9(10)12/h2-4,6H,5H2,1H3,(H,14,15). The lowest BCUT2D eigenvalue weighted by molar-refractivity contribution is -0.132. The van der Waals surface area contributed by atoms with Crippen molar-refractivity contribution in [3.63, 3.8) is 0 Å². The number of rotatable bonds is 4. The molecule has 86 valence electrons. The first-order valence-electron chi connectivity index (χ1n) is 4.48. The van der Waals surface area contributed by atoms with E-state index in [2.05, 4.69) is 15.9 Å². The van der Waals surface area contributed by atoms with Crippen LogP contribution in [0.25, 0.3) is 0 Å². The molecule has 16 heavy (non-hydrogen) atoms. The fourth-order valence-corrected chi connectivity index (χ4v) is 1.40. The van der Waals surface area contributed by atoms with Gasteiger partial charge in [-0.05, 0) is 47.1 Å². The molecule has 0 aliphatic rings. The summed E-state index contributed by atoms with van der Waals surface area (Å²) < 4.78 is 18.5. The maximum Gasteiger partial charge on any atom is 0.331 e. The minimum atomic E-state index is -0.984. The molecule has 1 N–H and O–H groups in total. The highest BCUT2D eigenvalue weighted by molar-refractivity contribution is 9.10. The zero-order valence-electron chi connectivity index (χ0n) is 8.54. The summed E-state index contributed by atoms with van der Waals surface area (Å²) in [6, 6.07) is 4.03. The van der Waals surface area contributed by atoms with Gasteiger partial charge in [0.25, 0.3) is 0 Å². The number of carboxylic acid groups (broad SMARTS) is 1. The molecule has 0 bridgehead atoms. The lowest BCUT2D eigenvalue weighted by atomic mass is 10.3. The lowest BCUT2D eigenvalue weighted by Gasteiger charge is -2.05. The van der Waals surface area contributed by atoms with Crippen molar-refractivity contribution in [1.82, 2.24) is 0 Å². The maximum absolute atomic E-state index is 12.7. The van der Waals surface area contributed by atoms with Crippen LogP contribution in [0.1, 0.15) is 6.92 Å². The third-order valence-corrected chi connectivity index (χ3v) is 2.48. The molecule has 1 aromatic carbocycles. The van der Waals surface area contributed by atoms with Gasteiger partial charge < -0.3 is 9.84 Å². The monoisotopic (exact) mass is 288 g/mol. The SMILES string of the molecule is CC(=CCOc1ccc(F)cc1Br)C(=O)O. The second-order valence-corrected chi connectivity index (χ2v) is 3.93. The third-order valence-electron chi connectivity index (χ3n) is 1.86. The van der Waals surface area contributed by atoms with Crippen molar-refractivity contribution in [3.8, 4) is 5.75 Å². The molecule has 0 saturated carbocycles. The number of hydrogen-bond acceptors (Lipinski definition) is 2. The van der Waals surface area contributed by atoms with Gasteiger partial charge in [-0.15, -0.1) is 0 Å². The van der Waals surface area contributed by atoms with E-state index in [1.165, 1.54) is 31.2 Å². The number of carbonyl (C=O) groups is 1. The molecule has 0 atom stereocenters. The molecule has 5 heteroatoms. The van der Waals surface area contributed by atoms with Crippen molar-refractivity contribution in [2.75, 3.05) is 6.61 Å². The van der Waals surface area contributed by atoms with Crippen LogP contribution in [0.5, 0.6) is 5.75 Å². The van der Waals surface area contributed by atoms with E-state index in [0.29, 0.717) is 10.2 Å². The van der Waals surface area contributed by atoms with Crippen LogP contribution in [0, 0.1) is 5.82 Å². The summed E-state index contributed by atoms with van der Waals surface area (Å²) >= 11 is 3.14. The second kappa shape index (κ2) is 5.65. The van der Waals surface area contributed by atoms with Crippen molar-refractivity contribution in [2.45, 2.75) is 6.92 Å². The summed E-state index contributed by atoms with van der Waals surface area (Å²) in [5.41, 5.74) is 0.207. The fourth-order valence-electron chi connectivity index (χ4n) is 0.936. The molecular formula is C11H10BrFO3. The Morgan fingerprint density at radius 3 is 2.88 bits per heavy atom. The van der Waals surface area contributed by atoms with Crippen molar-refractivity contribution in [3.05, 3.63) is 40.1 Å². The quantitative estimate of drug-likeness (QED) is 0.867. The first kappa shape index (κ1) is 12.7. The smallest absolute Gasteiger partial charge is 0.331 e. The molecule has 0 aliphatic carbocycles. The molecule has 0 saturated heterocycles. The van der Waals surface area contributed by atoms with E-state index < -0.39 is 5.97 Å². The van der Waals surface area contributed by atoms with Crippen LogP contribution in [0.15, 0.2) is 34.3 Å². The van der Waals surface area contributed by atoms with Gasteiger partial charge in [0.05, 0.1) is 4.47 Å². The number of hydrogen-bond donors (Lipinski definition) is 1. The summed E-state index contributed by atoms with van der Waals surface area (Å²) in [6.07, 6.45) is 1.44. The Kier molecular flexibility index (Phi) is 4.49. The van der Waals surface area contributed by atoms with Crippen molar-refractivity contribution in [2.24, 2.45) is 0 Å². The highest BCUT2D eigenvalue weighted by Crippen LogP contribution is 2.25. The highest BCUT2D eigenvalue weighted by Gasteiger charge is 2.02. The van der Waals surface area contributed by atoms with E-state index in [4.69, 9.17) is 9.84 Å². The molecule has 0 heterocycles. The van der Waals surface area contributed by atoms with E-state index >= 15 is 0 Å². The van der Waals surface area contributed by atoms with Crippen molar-refractivity contribution < 1.29 is 19.0 Å². The topological polar surface area (TPSA) is 46.5 Å². The largest absolute Gasteiger partial charge is 0.488 e. The third kappa shape index (κ3) is 3.66. The fraction of sp³-hybridized carbons (Fsp3) is 0.182. The van der Waals surface area contributed by atoms with E-state index in [1.807, 2.05) is 0 Å². The Bertz CT molecular complexity index is 429. The normalized spacial score (nSPS) is 11.3. The summed E-state index contributed by atoms with van der Waals surface area (Å²) in [4.78, 5) is 10.5. The van der Waals surface area contributed by atoms with Gasteiger partial charge in [-0.3, -0.25) is 0 Å². The summed E-state index contributed by atoms with van der Waals surface area (Å²) in [5.74, 6) is -0.880. The zero-order chi connectivity index (χ0) is 12.1. The lowest BCUT2D eigenvalue weighted by Crippen LogP contribution is -2.01. The van der Waals surface area contributed by atoms with Gasteiger partial charge >= 0.3 is 5.97 Å². The number of ether oxygens (including phenoxy) is 1. The molecule has 0 aromatic heterocycles. The Morgan fingerprint density at radius 1 is 1.62 bits per heavy atom. The summed E-state index contributed by atoms with van der Waals surface area (Å²) in [5, 5.41) is 8.59. The van der Waals surface area contributed by atoms with Crippen LogP contribution >= 0.6 is 15.9 Å². The molecule has 1 aromatic rings. The molecule has 0 radical (unpaired) electrons. The van der Waals surface area contributed by atoms with Crippen LogP contribution in [0.4, 0.5) is 4.39 Å². The number of benzene rings is 1. The van der Waals surface area contributed by atoms with Gasteiger partial charge in [0.2, 0.25) is 0 Å². The molecule has 0 amide bonds. The Hall–Kier alpha value is -1.36. The predicted molar refractivity (Wildman–Crippen MR) is 61.0 cm³/mol. The van der Waals surface area contributed by atoms with Gasteiger partial charge in [-0.2, -0.15) is 0 Å².